The molecule has 4 aromatic carbocycles. The third-order valence-electron chi connectivity index (χ3n) is 7.24. The van der Waals surface area contributed by atoms with Crippen molar-refractivity contribution in [3.8, 4) is 0 Å². The van der Waals surface area contributed by atoms with E-state index in [4.69, 9.17) is 11.6 Å². The lowest BCUT2D eigenvalue weighted by atomic mass is 10.0. The standard InChI is InChI=1S/C34H35ClFN3O4S/c1-3-25(2)37-34(41)32(21-26-11-6-4-7-12-26)38(23-27-17-19-29(36)20-18-27)33(40)24-39(30-14-10-13-28(35)22-30)44(42,43)31-15-8-5-9-16-31/h4-20,22,25,32H,3,21,23-24H2,1-2H3,(H,37,41)/t25-,32+/m1/s1. The first-order valence-corrected chi connectivity index (χ1v) is 16.1. The van der Waals surface area contributed by atoms with Crippen molar-refractivity contribution in [3.05, 3.63) is 131 Å². The Bertz CT molecular complexity index is 1660. The van der Waals surface area contributed by atoms with E-state index in [2.05, 4.69) is 5.32 Å². The zero-order valence-corrected chi connectivity index (χ0v) is 26.1. The van der Waals surface area contributed by atoms with E-state index < -0.39 is 34.3 Å². The highest BCUT2D eigenvalue weighted by atomic mass is 35.5. The quantitative estimate of drug-likeness (QED) is 0.189. The lowest BCUT2D eigenvalue weighted by Crippen LogP contribution is -2.54. The second-order valence-corrected chi connectivity index (χ2v) is 12.8. The Morgan fingerprint density at radius 3 is 2.11 bits per heavy atom. The highest BCUT2D eigenvalue weighted by Crippen LogP contribution is 2.27. The molecule has 1 N–H and O–H groups in total. The van der Waals surface area contributed by atoms with Crippen LogP contribution in [-0.4, -0.2) is 43.8 Å². The molecule has 0 saturated heterocycles. The topological polar surface area (TPSA) is 86.8 Å². The summed E-state index contributed by atoms with van der Waals surface area (Å²) in [5.74, 6) is -1.43. The van der Waals surface area contributed by atoms with E-state index in [1.165, 1.54) is 47.4 Å². The fourth-order valence-electron chi connectivity index (χ4n) is 4.66. The molecular weight excluding hydrogens is 601 g/mol. The van der Waals surface area contributed by atoms with Crippen LogP contribution < -0.4 is 9.62 Å². The molecule has 44 heavy (non-hydrogen) atoms. The molecule has 0 fully saturated rings. The van der Waals surface area contributed by atoms with E-state index in [0.717, 1.165) is 9.87 Å². The van der Waals surface area contributed by atoms with Gasteiger partial charge in [0.05, 0.1) is 10.6 Å². The van der Waals surface area contributed by atoms with Gasteiger partial charge in [-0.1, -0.05) is 85.3 Å². The maximum Gasteiger partial charge on any atom is 0.264 e. The predicted octanol–water partition coefficient (Wildman–Crippen LogP) is 6.23. The number of anilines is 1. The smallest absolute Gasteiger partial charge is 0.264 e. The summed E-state index contributed by atoms with van der Waals surface area (Å²) in [6.45, 7) is 3.15. The van der Waals surface area contributed by atoms with Gasteiger partial charge < -0.3 is 10.2 Å². The van der Waals surface area contributed by atoms with E-state index in [0.29, 0.717) is 17.0 Å². The van der Waals surface area contributed by atoms with Crippen LogP contribution >= 0.6 is 11.6 Å². The molecule has 0 unspecified atom stereocenters. The Labute approximate surface area is 263 Å². The molecule has 4 rings (SSSR count). The Kier molecular flexibility index (Phi) is 11.1. The van der Waals surface area contributed by atoms with Gasteiger partial charge in [-0.15, -0.1) is 0 Å². The van der Waals surface area contributed by atoms with E-state index in [1.807, 2.05) is 44.2 Å². The molecule has 4 aromatic rings. The first-order valence-electron chi connectivity index (χ1n) is 14.3. The van der Waals surface area contributed by atoms with Gasteiger partial charge in [0.1, 0.15) is 18.4 Å². The van der Waals surface area contributed by atoms with Crippen LogP contribution in [0.5, 0.6) is 0 Å². The number of carbonyl (C=O) groups is 2. The van der Waals surface area contributed by atoms with E-state index in [-0.39, 0.29) is 35.5 Å². The van der Waals surface area contributed by atoms with Gasteiger partial charge >= 0.3 is 0 Å². The van der Waals surface area contributed by atoms with Crippen molar-refractivity contribution in [2.75, 3.05) is 10.8 Å². The van der Waals surface area contributed by atoms with Crippen LogP contribution in [-0.2, 0) is 32.6 Å². The third kappa shape index (κ3) is 8.45. The Morgan fingerprint density at radius 1 is 0.864 bits per heavy atom. The van der Waals surface area contributed by atoms with Crippen molar-refractivity contribution in [1.29, 1.82) is 0 Å². The summed E-state index contributed by atoms with van der Waals surface area (Å²) in [4.78, 5) is 29.6. The fourth-order valence-corrected chi connectivity index (χ4v) is 6.27. The summed E-state index contributed by atoms with van der Waals surface area (Å²) in [6.07, 6.45) is 0.853. The summed E-state index contributed by atoms with van der Waals surface area (Å²) < 4.78 is 42.7. The van der Waals surface area contributed by atoms with Crippen LogP contribution in [0.15, 0.2) is 114 Å². The molecule has 230 valence electrons. The number of halogens is 2. The van der Waals surface area contributed by atoms with Crippen molar-refractivity contribution >= 4 is 39.1 Å². The van der Waals surface area contributed by atoms with Crippen LogP contribution in [0.25, 0.3) is 0 Å². The lowest BCUT2D eigenvalue weighted by Gasteiger charge is -2.34. The molecule has 10 heteroatoms. The van der Waals surface area contributed by atoms with Crippen molar-refractivity contribution in [3.63, 3.8) is 0 Å². The average Bonchev–Trinajstić information content (AvgIpc) is 3.03. The van der Waals surface area contributed by atoms with Gasteiger partial charge in [-0.05, 0) is 66.9 Å². The zero-order chi connectivity index (χ0) is 31.7. The molecule has 0 bridgehead atoms. The largest absolute Gasteiger partial charge is 0.352 e. The van der Waals surface area contributed by atoms with Crippen LogP contribution in [0.4, 0.5) is 10.1 Å². The second kappa shape index (κ2) is 15.0. The van der Waals surface area contributed by atoms with E-state index >= 15 is 0 Å². The Balaban J connectivity index is 1.80. The number of sulfonamides is 1. The molecule has 0 aromatic heterocycles. The van der Waals surface area contributed by atoms with Gasteiger partial charge in [-0.2, -0.15) is 0 Å². The van der Waals surface area contributed by atoms with Crippen LogP contribution in [0, 0.1) is 5.82 Å². The average molecular weight is 636 g/mol. The molecule has 0 spiro atoms. The van der Waals surface area contributed by atoms with Gasteiger partial charge in [0.15, 0.2) is 0 Å². The molecule has 0 heterocycles. The molecule has 0 saturated carbocycles. The summed E-state index contributed by atoms with van der Waals surface area (Å²) in [6, 6.07) is 27.8. The van der Waals surface area contributed by atoms with Gasteiger partial charge in [-0.25, -0.2) is 12.8 Å². The van der Waals surface area contributed by atoms with Gasteiger partial charge in [-0.3, -0.25) is 13.9 Å². The van der Waals surface area contributed by atoms with E-state index in [1.54, 1.807) is 36.4 Å². The first-order chi connectivity index (χ1) is 21.1. The van der Waals surface area contributed by atoms with Crippen molar-refractivity contribution in [2.45, 2.75) is 50.2 Å². The minimum absolute atomic E-state index is 0.00629. The maximum absolute atomic E-state index is 14.4. The summed E-state index contributed by atoms with van der Waals surface area (Å²) in [7, 11) is -4.23. The van der Waals surface area contributed by atoms with E-state index in [9.17, 15) is 22.4 Å². The normalized spacial score (nSPS) is 12.6. The number of carbonyl (C=O) groups excluding carboxylic acids is 2. The van der Waals surface area contributed by atoms with Crippen molar-refractivity contribution in [2.24, 2.45) is 0 Å². The Morgan fingerprint density at radius 2 is 1.50 bits per heavy atom. The van der Waals surface area contributed by atoms with Crippen LogP contribution in [0.1, 0.15) is 31.4 Å². The van der Waals surface area contributed by atoms with Crippen molar-refractivity contribution in [1.82, 2.24) is 10.2 Å². The van der Waals surface area contributed by atoms with Gasteiger partial charge in [0.25, 0.3) is 10.0 Å². The van der Waals surface area contributed by atoms with Crippen LogP contribution in [0.2, 0.25) is 5.02 Å². The molecule has 0 aliphatic rings. The van der Waals surface area contributed by atoms with Crippen LogP contribution in [0.3, 0.4) is 0 Å². The van der Waals surface area contributed by atoms with Gasteiger partial charge in [0.2, 0.25) is 11.8 Å². The number of hydrogen-bond acceptors (Lipinski definition) is 4. The monoisotopic (exact) mass is 635 g/mol. The molecule has 2 atom stereocenters. The fraction of sp³-hybridized carbons (Fsp3) is 0.235. The number of benzene rings is 4. The van der Waals surface area contributed by atoms with Gasteiger partial charge in [0, 0.05) is 24.0 Å². The SMILES string of the molecule is CC[C@@H](C)NC(=O)[C@H](Cc1ccccc1)N(Cc1ccc(F)cc1)C(=O)CN(c1cccc(Cl)c1)S(=O)(=O)c1ccccc1. The highest BCUT2D eigenvalue weighted by Gasteiger charge is 2.35. The minimum atomic E-state index is -4.23. The second-order valence-electron chi connectivity index (χ2n) is 10.5. The number of nitrogens with one attached hydrogen (secondary N) is 1. The Hall–Kier alpha value is -4.21. The summed E-state index contributed by atoms with van der Waals surface area (Å²) >= 11 is 6.25. The molecule has 0 aliphatic heterocycles. The first kappa shape index (κ1) is 32.7. The van der Waals surface area contributed by atoms with Crippen molar-refractivity contribution < 1.29 is 22.4 Å². The summed E-state index contributed by atoms with van der Waals surface area (Å²) in [5.41, 5.74) is 1.59. The highest BCUT2D eigenvalue weighted by molar-refractivity contribution is 7.92. The molecule has 7 nitrogen and oxygen atoms in total. The summed E-state index contributed by atoms with van der Waals surface area (Å²) in [5, 5.41) is 3.28. The minimum Gasteiger partial charge on any atom is -0.352 e. The molecular formula is C34H35ClFN3O4S. The number of hydrogen-bond donors (Lipinski definition) is 1. The third-order valence-corrected chi connectivity index (χ3v) is 9.27. The predicted molar refractivity (Wildman–Crippen MR) is 171 cm³/mol. The molecule has 2 amide bonds. The maximum atomic E-state index is 14.4. The lowest BCUT2D eigenvalue weighted by molar-refractivity contribution is -0.140. The number of rotatable bonds is 13. The number of nitrogens with zero attached hydrogens (tertiary/aromatic N) is 2. The number of amides is 2. The molecule has 0 radical (unpaired) electrons. The molecule has 0 aliphatic carbocycles. The zero-order valence-electron chi connectivity index (χ0n) is 24.6.